The summed E-state index contributed by atoms with van der Waals surface area (Å²) in [4.78, 5) is 0. The fourth-order valence-electron chi connectivity index (χ4n) is 2.67. The average Bonchev–Trinajstić information content (AvgIpc) is 3.37. The second kappa shape index (κ2) is 6.59. The molecule has 120 valence electrons. The third kappa shape index (κ3) is 3.32. The molecule has 3 rings (SSSR count). The molecule has 1 atom stereocenters. The monoisotopic (exact) mass is 318 g/mol. The third-order valence-electron chi connectivity index (χ3n) is 4.01. The Morgan fingerprint density at radius 3 is 2.43 bits per heavy atom. The minimum Gasteiger partial charge on any atom is -0.368 e. The van der Waals surface area contributed by atoms with Crippen LogP contribution < -0.4 is 0 Å². The molecule has 0 bridgehead atoms. The van der Waals surface area contributed by atoms with Gasteiger partial charge in [-0.25, -0.2) is 13.2 Å². The van der Waals surface area contributed by atoms with E-state index in [9.17, 15) is 13.2 Å². The van der Waals surface area contributed by atoms with Crippen LogP contribution in [0.2, 0.25) is 0 Å². The van der Waals surface area contributed by atoms with E-state index in [0.717, 1.165) is 18.4 Å². The SMILES string of the molecule is C=CCCc1ccc(-c2ccc(C3CO3)c(F)c2C(F)F)cc1. The number of aryl methyl sites for hydroxylation is 1. The van der Waals surface area contributed by atoms with Crippen LogP contribution in [0.25, 0.3) is 11.1 Å². The van der Waals surface area contributed by atoms with Crippen LogP contribution in [-0.2, 0) is 11.2 Å². The van der Waals surface area contributed by atoms with Crippen molar-refractivity contribution in [1.29, 1.82) is 0 Å². The molecule has 0 saturated carbocycles. The summed E-state index contributed by atoms with van der Waals surface area (Å²) in [5.41, 5.74) is 1.58. The Morgan fingerprint density at radius 1 is 1.17 bits per heavy atom. The summed E-state index contributed by atoms with van der Waals surface area (Å²) in [5.74, 6) is -0.851. The molecule has 0 aliphatic carbocycles. The number of benzene rings is 2. The predicted molar refractivity (Wildman–Crippen MR) is 84.0 cm³/mol. The largest absolute Gasteiger partial charge is 0.368 e. The normalized spacial score (nSPS) is 16.6. The number of hydrogen-bond acceptors (Lipinski definition) is 1. The summed E-state index contributed by atoms with van der Waals surface area (Å²) < 4.78 is 46.2. The van der Waals surface area contributed by atoms with E-state index in [0.29, 0.717) is 12.2 Å². The zero-order valence-corrected chi connectivity index (χ0v) is 12.6. The van der Waals surface area contributed by atoms with Gasteiger partial charge < -0.3 is 4.74 Å². The fourth-order valence-corrected chi connectivity index (χ4v) is 2.67. The zero-order valence-electron chi connectivity index (χ0n) is 12.6. The van der Waals surface area contributed by atoms with E-state index in [2.05, 4.69) is 6.58 Å². The van der Waals surface area contributed by atoms with E-state index in [1.54, 1.807) is 24.3 Å². The number of hydrogen-bond donors (Lipinski definition) is 0. The molecule has 0 radical (unpaired) electrons. The van der Waals surface area contributed by atoms with Crippen LogP contribution in [0.4, 0.5) is 13.2 Å². The highest BCUT2D eigenvalue weighted by Crippen LogP contribution is 2.40. The first kappa shape index (κ1) is 15.8. The fraction of sp³-hybridized carbons (Fsp3) is 0.263. The number of epoxide rings is 1. The van der Waals surface area contributed by atoms with Crippen LogP contribution >= 0.6 is 0 Å². The van der Waals surface area contributed by atoms with Crippen LogP contribution in [0.15, 0.2) is 49.1 Å². The van der Waals surface area contributed by atoms with E-state index in [1.807, 2.05) is 18.2 Å². The van der Waals surface area contributed by atoms with Gasteiger partial charge in [0, 0.05) is 5.56 Å². The summed E-state index contributed by atoms with van der Waals surface area (Å²) >= 11 is 0. The summed E-state index contributed by atoms with van der Waals surface area (Å²) in [5, 5.41) is 0. The Labute approximate surface area is 133 Å². The molecule has 23 heavy (non-hydrogen) atoms. The van der Waals surface area contributed by atoms with Gasteiger partial charge in [-0.05, 0) is 29.5 Å². The summed E-state index contributed by atoms with van der Waals surface area (Å²) in [6.45, 7) is 4.06. The number of ether oxygens (including phenoxy) is 1. The van der Waals surface area contributed by atoms with Gasteiger partial charge in [-0.15, -0.1) is 6.58 Å². The summed E-state index contributed by atoms with van der Waals surface area (Å²) in [7, 11) is 0. The Balaban J connectivity index is 1.98. The molecule has 0 amide bonds. The third-order valence-corrected chi connectivity index (χ3v) is 4.01. The first-order valence-electron chi connectivity index (χ1n) is 7.54. The van der Waals surface area contributed by atoms with E-state index in [1.165, 1.54) is 0 Å². The van der Waals surface area contributed by atoms with Crippen molar-refractivity contribution in [2.75, 3.05) is 6.61 Å². The minimum absolute atomic E-state index is 0.214. The van der Waals surface area contributed by atoms with Crippen molar-refractivity contribution in [1.82, 2.24) is 0 Å². The smallest absolute Gasteiger partial charge is 0.267 e. The van der Waals surface area contributed by atoms with Crippen LogP contribution in [0, 0.1) is 5.82 Å². The van der Waals surface area contributed by atoms with Crippen molar-refractivity contribution >= 4 is 0 Å². The highest BCUT2D eigenvalue weighted by Gasteiger charge is 2.32. The first-order chi connectivity index (χ1) is 11.1. The van der Waals surface area contributed by atoms with Gasteiger partial charge in [0.1, 0.15) is 11.9 Å². The zero-order chi connectivity index (χ0) is 16.4. The molecule has 1 fully saturated rings. The Morgan fingerprint density at radius 2 is 1.87 bits per heavy atom. The number of halogens is 3. The molecular formula is C19H17F3O. The van der Waals surface area contributed by atoms with Gasteiger partial charge in [-0.1, -0.05) is 42.5 Å². The molecule has 0 aromatic heterocycles. The molecule has 1 heterocycles. The molecule has 4 heteroatoms. The molecule has 2 aromatic rings. The lowest BCUT2D eigenvalue weighted by molar-refractivity contribution is 0.146. The predicted octanol–water partition coefficient (Wildman–Crippen LogP) is 5.62. The maximum absolute atomic E-state index is 14.4. The number of alkyl halides is 2. The Hall–Kier alpha value is -2.07. The molecule has 1 saturated heterocycles. The maximum Gasteiger partial charge on any atom is 0.267 e. The second-order valence-electron chi connectivity index (χ2n) is 5.58. The molecule has 2 aromatic carbocycles. The second-order valence-corrected chi connectivity index (χ2v) is 5.58. The van der Waals surface area contributed by atoms with Crippen LogP contribution in [0.1, 0.15) is 35.6 Å². The molecular weight excluding hydrogens is 301 g/mol. The molecule has 1 unspecified atom stereocenters. The maximum atomic E-state index is 14.4. The topological polar surface area (TPSA) is 12.5 Å². The quantitative estimate of drug-likeness (QED) is 0.497. The van der Waals surface area contributed by atoms with Gasteiger partial charge in [0.25, 0.3) is 6.43 Å². The molecule has 1 nitrogen and oxygen atoms in total. The van der Waals surface area contributed by atoms with E-state index in [4.69, 9.17) is 4.74 Å². The van der Waals surface area contributed by atoms with Gasteiger partial charge in [-0.2, -0.15) is 0 Å². The first-order valence-corrected chi connectivity index (χ1v) is 7.54. The van der Waals surface area contributed by atoms with Crippen molar-refractivity contribution in [3.63, 3.8) is 0 Å². The van der Waals surface area contributed by atoms with Gasteiger partial charge in [0.2, 0.25) is 0 Å². The van der Waals surface area contributed by atoms with Crippen molar-refractivity contribution in [3.05, 3.63) is 71.6 Å². The van der Waals surface area contributed by atoms with Gasteiger partial charge >= 0.3 is 0 Å². The minimum atomic E-state index is -2.87. The Kier molecular flexibility index (Phi) is 4.53. The van der Waals surface area contributed by atoms with Gasteiger partial charge in [-0.3, -0.25) is 0 Å². The highest BCUT2D eigenvalue weighted by molar-refractivity contribution is 5.69. The Bertz CT molecular complexity index is 703. The van der Waals surface area contributed by atoms with Gasteiger partial charge in [0.15, 0.2) is 0 Å². The number of rotatable bonds is 6. The van der Waals surface area contributed by atoms with E-state index >= 15 is 0 Å². The van der Waals surface area contributed by atoms with Crippen molar-refractivity contribution in [2.45, 2.75) is 25.4 Å². The number of allylic oxidation sites excluding steroid dienone is 1. The van der Waals surface area contributed by atoms with Crippen molar-refractivity contribution in [2.24, 2.45) is 0 Å². The van der Waals surface area contributed by atoms with E-state index in [-0.39, 0.29) is 17.2 Å². The van der Waals surface area contributed by atoms with E-state index < -0.39 is 17.8 Å². The standard InChI is InChI=1S/C19H17F3O/c1-2-3-4-12-5-7-13(8-6-12)14-9-10-15(16-11-23-16)18(20)17(14)19(21)22/h2,5-10,16,19H,1,3-4,11H2. The van der Waals surface area contributed by atoms with Gasteiger partial charge in [0.05, 0.1) is 12.2 Å². The summed E-state index contributed by atoms with van der Waals surface area (Å²) in [6.07, 6.45) is 0.271. The van der Waals surface area contributed by atoms with Crippen LogP contribution in [-0.4, -0.2) is 6.61 Å². The molecule has 1 aliphatic rings. The lowest BCUT2D eigenvalue weighted by atomic mass is 9.95. The summed E-state index contributed by atoms with van der Waals surface area (Å²) in [6, 6.07) is 10.4. The van der Waals surface area contributed by atoms with Crippen LogP contribution in [0.3, 0.4) is 0 Å². The molecule has 1 aliphatic heterocycles. The van der Waals surface area contributed by atoms with Crippen molar-refractivity contribution in [3.8, 4) is 11.1 Å². The molecule has 0 spiro atoms. The van der Waals surface area contributed by atoms with Crippen molar-refractivity contribution < 1.29 is 17.9 Å². The van der Waals surface area contributed by atoms with Crippen LogP contribution in [0.5, 0.6) is 0 Å². The molecule has 0 N–H and O–H groups in total. The highest BCUT2D eigenvalue weighted by atomic mass is 19.3. The lowest BCUT2D eigenvalue weighted by Gasteiger charge is -2.13. The lowest BCUT2D eigenvalue weighted by Crippen LogP contribution is -2.00. The average molecular weight is 318 g/mol.